The topological polar surface area (TPSA) is 121 Å². The number of amides is 1. The lowest BCUT2D eigenvalue weighted by atomic mass is 10.3. The number of aliphatic carboxylic acids is 1. The minimum atomic E-state index is -1.40. The number of hydrogen-bond acceptors (Lipinski definition) is 6. The summed E-state index contributed by atoms with van der Waals surface area (Å²) in [5, 5.41) is 13.5. The number of aromatic amines is 1. The Kier molecular flexibility index (Phi) is 5.39. The van der Waals surface area contributed by atoms with Crippen molar-refractivity contribution in [2.24, 2.45) is 10.1 Å². The van der Waals surface area contributed by atoms with Crippen molar-refractivity contribution in [3.05, 3.63) is 15.9 Å². The molecule has 0 unspecified atom stereocenters. The Labute approximate surface area is 115 Å². The van der Waals surface area contributed by atoms with Crippen LogP contribution < -0.4 is 4.80 Å². The first kappa shape index (κ1) is 15.1. The van der Waals surface area contributed by atoms with Gasteiger partial charge < -0.3 is 14.9 Å². The average Bonchev–Trinajstić information content (AvgIpc) is 2.76. The van der Waals surface area contributed by atoms with Crippen molar-refractivity contribution >= 4 is 46.5 Å². The van der Waals surface area contributed by atoms with E-state index in [-0.39, 0.29) is 16.4 Å². The number of alkyl halides is 1. The summed E-state index contributed by atoms with van der Waals surface area (Å²) in [7, 11) is 0. The summed E-state index contributed by atoms with van der Waals surface area (Å²) < 4.78 is 0. The number of carboxylic acid groups (broad SMARTS) is 1. The van der Waals surface area contributed by atoms with Gasteiger partial charge in [-0.2, -0.15) is 4.99 Å². The van der Waals surface area contributed by atoms with Crippen LogP contribution in [0.2, 0.25) is 0 Å². The van der Waals surface area contributed by atoms with Gasteiger partial charge in [0.05, 0.1) is 5.69 Å². The Bertz CT molecular complexity index is 603. The summed E-state index contributed by atoms with van der Waals surface area (Å²) in [6.07, 6.45) is 0. The summed E-state index contributed by atoms with van der Waals surface area (Å²) in [4.78, 5) is 43.1. The minimum absolute atomic E-state index is 0.0554. The van der Waals surface area contributed by atoms with Crippen LogP contribution in [0.3, 0.4) is 0 Å². The molecule has 0 aliphatic heterocycles. The molecule has 0 aliphatic rings. The van der Waals surface area contributed by atoms with Crippen LogP contribution in [0.5, 0.6) is 0 Å². The highest BCUT2D eigenvalue weighted by Gasteiger charge is 2.16. The zero-order chi connectivity index (χ0) is 14.4. The molecule has 19 heavy (non-hydrogen) atoms. The number of H-pyrrole nitrogens is 1. The van der Waals surface area contributed by atoms with E-state index in [1.165, 1.54) is 5.38 Å². The molecule has 0 radical (unpaired) electrons. The van der Waals surface area contributed by atoms with Gasteiger partial charge >= 0.3 is 11.9 Å². The molecule has 0 saturated heterocycles. The maximum Gasteiger partial charge on any atom is 0.360 e. The first-order valence-electron chi connectivity index (χ1n) is 4.74. The lowest BCUT2D eigenvalue weighted by molar-refractivity contribution is -0.141. The number of aromatic nitrogens is 1. The van der Waals surface area contributed by atoms with Crippen molar-refractivity contribution in [3.8, 4) is 0 Å². The van der Waals surface area contributed by atoms with Gasteiger partial charge in [-0.25, -0.2) is 9.59 Å². The number of hydrogen-bond donors (Lipinski definition) is 2. The Morgan fingerprint density at radius 1 is 1.53 bits per heavy atom. The van der Waals surface area contributed by atoms with E-state index in [1.54, 1.807) is 0 Å². The number of rotatable bonds is 4. The molecule has 1 rings (SSSR count). The minimum Gasteiger partial charge on any atom is -0.476 e. The van der Waals surface area contributed by atoms with E-state index in [1.807, 2.05) is 0 Å². The Balaban J connectivity index is 3.09. The molecule has 0 spiro atoms. The summed E-state index contributed by atoms with van der Waals surface area (Å²) in [5.74, 6) is -3.00. The molecule has 1 aromatic heterocycles. The number of halogens is 1. The number of nitrogens with one attached hydrogen (secondary N) is 1. The summed E-state index contributed by atoms with van der Waals surface area (Å²) in [5.41, 5.74) is -0.453. The molecule has 2 N–H and O–H groups in total. The van der Waals surface area contributed by atoms with E-state index in [2.05, 4.69) is 20.0 Å². The highest BCUT2D eigenvalue weighted by atomic mass is 35.5. The molecule has 0 atom stereocenters. The van der Waals surface area contributed by atoms with Crippen LogP contribution in [-0.4, -0.2) is 39.5 Å². The Morgan fingerprint density at radius 2 is 2.21 bits per heavy atom. The third-order valence-corrected chi connectivity index (χ3v) is 2.59. The van der Waals surface area contributed by atoms with Crippen LogP contribution in [0.15, 0.2) is 15.5 Å². The smallest absolute Gasteiger partial charge is 0.360 e. The third kappa shape index (κ3) is 4.64. The lowest BCUT2D eigenvalue weighted by Gasteiger charge is -1.96. The molecule has 1 heterocycles. The maximum absolute atomic E-state index is 11.0. The van der Waals surface area contributed by atoms with Gasteiger partial charge in [-0.15, -0.1) is 22.9 Å². The van der Waals surface area contributed by atoms with Gasteiger partial charge in [0.25, 0.3) is 5.91 Å². The molecule has 0 saturated carbocycles. The largest absolute Gasteiger partial charge is 0.476 e. The summed E-state index contributed by atoms with van der Waals surface area (Å²) in [6, 6.07) is 0. The monoisotopic (exact) mass is 305 g/mol. The molecule has 0 aromatic carbocycles. The first-order chi connectivity index (χ1) is 8.93. The van der Waals surface area contributed by atoms with E-state index in [0.29, 0.717) is 0 Å². The van der Waals surface area contributed by atoms with Crippen LogP contribution in [0.25, 0.3) is 0 Å². The number of thiazole rings is 1. The highest BCUT2D eigenvalue weighted by molar-refractivity contribution is 7.07. The van der Waals surface area contributed by atoms with Gasteiger partial charge in [0, 0.05) is 12.3 Å². The molecule has 1 amide bonds. The van der Waals surface area contributed by atoms with Gasteiger partial charge in [-0.05, 0) is 0 Å². The van der Waals surface area contributed by atoms with Gasteiger partial charge in [-0.3, -0.25) is 4.79 Å². The summed E-state index contributed by atoms with van der Waals surface area (Å²) in [6.45, 7) is 1.08. The van der Waals surface area contributed by atoms with Crippen LogP contribution in [0.1, 0.15) is 12.6 Å². The van der Waals surface area contributed by atoms with E-state index in [9.17, 15) is 14.4 Å². The molecule has 1 aromatic rings. The SMILES string of the molecule is CC(=O)ON=C(C(=O)O)c1csc(=NC(=O)CCl)[nH]1. The molecular weight excluding hydrogens is 298 g/mol. The molecule has 10 heteroatoms. The second kappa shape index (κ2) is 6.81. The zero-order valence-electron chi connectivity index (χ0n) is 9.55. The lowest BCUT2D eigenvalue weighted by Crippen LogP contribution is -2.18. The van der Waals surface area contributed by atoms with Gasteiger partial charge in [0.15, 0.2) is 4.80 Å². The Morgan fingerprint density at radius 3 is 2.74 bits per heavy atom. The van der Waals surface area contributed by atoms with Crippen LogP contribution in [0, 0.1) is 0 Å². The number of oxime groups is 1. The van der Waals surface area contributed by atoms with Crippen molar-refractivity contribution in [2.75, 3.05) is 5.88 Å². The fraction of sp³-hybridized carbons (Fsp3) is 0.222. The molecule has 0 aliphatic carbocycles. The standard InChI is InChI=1S/C9H8ClN3O5S/c1-4(14)18-13-7(8(16)17)5-3-19-9(11-5)12-6(15)2-10/h3H,2H2,1H3,(H,16,17)(H,11,12,15). The average molecular weight is 306 g/mol. The number of nitrogens with zero attached hydrogens (tertiary/aromatic N) is 2. The second-order valence-electron chi connectivity index (χ2n) is 3.05. The van der Waals surface area contributed by atoms with Crippen molar-refractivity contribution in [1.29, 1.82) is 0 Å². The van der Waals surface area contributed by atoms with Gasteiger partial charge in [-0.1, -0.05) is 5.16 Å². The van der Waals surface area contributed by atoms with Crippen molar-refractivity contribution in [1.82, 2.24) is 4.98 Å². The van der Waals surface area contributed by atoms with Gasteiger partial charge in [0.2, 0.25) is 5.71 Å². The van der Waals surface area contributed by atoms with E-state index < -0.39 is 23.6 Å². The molecule has 0 bridgehead atoms. The molecule has 102 valence electrons. The summed E-state index contributed by atoms with van der Waals surface area (Å²) >= 11 is 6.27. The normalized spacial score (nSPS) is 12.3. The highest BCUT2D eigenvalue weighted by Crippen LogP contribution is 2.01. The predicted octanol–water partition coefficient (Wildman–Crippen LogP) is 0.0941. The number of carboxylic acids is 1. The fourth-order valence-electron chi connectivity index (χ4n) is 0.915. The fourth-order valence-corrected chi connectivity index (χ4v) is 1.70. The van der Waals surface area contributed by atoms with E-state index in [0.717, 1.165) is 18.3 Å². The zero-order valence-corrected chi connectivity index (χ0v) is 11.1. The number of carbonyl (C=O) groups excluding carboxylic acids is 2. The predicted molar refractivity (Wildman–Crippen MR) is 65.9 cm³/mol. The second-order valence-corrected chi connectivity index (χ2v) is 4.17. The van der Waals surface area contributed by atoms with Crippen LogP contribution in [-0.2, 0) is 19.2 Å². The molecule has 0 fully saturated rings. The van der Waals surface area contributed by atoms with Crippen molar-refractivity contribution in [3.63, 3.8) is 0 Å². The van der Waals surface area contributed by atoms with Crippen LogP contribution in [0.4, 0.5) is 0 Å². The maximum atomic E-state index is 11.0. The third-order valence-electron chi connectivity index (χ3n) is 1.59. The molecular formula is C9H8ClN3O5S. The van der Waals surface area contributed by atoms with E-state index in [4.69, 9.17) is 16.7 Å². The van der Waals surface area contributed by atoms with Crippen LogP contribution >= 0.6 is 22.9 Å². The van der Waals surface area contributed by atoms with Gasteiger partial charge in [0.1, 0.15) is 5.88 Å². The first-order valence-corrected chi connectivity index (χ1v) is 6.16. The quantitative estimate of drug-likeness (QED) is 0.353. The molecule has 8 nitrogen and oxygen atoms in total. The van der Waals surface area contributed by atoms with E-state index >= 15 is 0 Å². The number of carbonyl (C=O) groups is 3. The van der Waals surface area contributed by atoms with Crippen molar-refractivity contribution < 1.29 is 24.3 Å². The Hall–Kier alpha value is -2.00. The van der Waals surface area contributed by atoms with Crippen molar-refractivity contribution in [2.45, 2.75) is 6.92 Å².